The normalized spacial score (nSPS) is 19.0. The smallest absolute Gasteiger partial charge is 0.233 e. The van der Waals surface area contributed by atoms with Crippen molar-refractivity contribution in [2.45, 2.75) is 67.9 Å². The molecule has 7 nitrogen and oxygen atoms in total. The van der Waals surface area contributed by atoms with Crippen molar-refractivity contribution in [3.8, 4) is 0 Å². The highest BCUT2D eigenvalue weighted by Gasteiger charge is 2.32. The third-order valence-corrected chi connectivity index (χ3v) is 4.93. The number of primary amides is 1. The maximum Gasteiger partial charge on any atom is 0.233 e. The number of nitrogens with zero attached hydrogens (tertiary/aromatic N) is 3. The van der Waals surface area contributed by atoms with E-state index in [4.69, 9.17) is 5.73 Å². The Morgan fingerprint density at radius 1 is 1.36 bits per heavy atom. The lowest BCUT2D eigenvalue weighted by Gasteiger charge is -2.13. The number of nitrogens with two attached hydrogens (primary N) is 1. The summed E-state index contributed by atoms with van der Waals surface area (Å²) in [5, 5.41) is 11.9. The molecule has 2 aliphatic rings. The number of rotatable bonds is 8. The first-order chi connectivity index (χ1) is 10.5. The number of nitrogens with one attached hydrogen (secondary N) is 1. The van der Waals surface area contributed by atoms with Crippen LogP contribution in [0.4, 0.5) is 0 Å². The van der Waals surface area contributed by atoms with Crippen LogP contribution < -0.4 is 11.1 Å². The lowest BCUT2D eigenvalue weighted by Crippen LogP contribution is -2.32. The number of amides is 2. The van der Waals surface area contributed by atoms with Crippen LogP contribution in [-0.2, 0) is 16.1 Å². The summed E-state index contributed by atoms with van der Waals surface area (Å²) in [4.78, 5) is 23.1. The second kappa shape index (κ2) is 6.28. The molecule has 2 fully saturated rings. The third kappa shape index (κ3) is 3.79. The maximum absolute atomic E-state index is 12.1. The van der Waals surface area contributed by atoms with Gasteiger partial charge < -0.3 is 15.6 Å². The summed E-state index contributed by atoms with van der Waals surface area (Å²) >= 11 is 1.39. The number of thioether (sulfide) groups is 1. The first-order valence-electron chi connectivity index (χ1n) is 7.73. The molecule has 0 bridgehead atoms. The van der Waals surface area contributed by atoms with Crippen molar-refractivity contribution >= 4 is 23.6 Å². The van der Waals surface area contributed by atoms with E-state index in [0.717, 1.165) is 31.5 Å². The Labute approximate surface area is 133 Å². The second-order valence-corrected chi connectivity index (χ2v) is 7.33. The van der Waals surface area contributed by atoms with Crippen molar-refractivity contribution < 1.29 is 9.59 Å². The minimum atomic E-state index is -0.342. The Kier molecular flexibility index (Phi) is 4.37. The van der Waals surface area contributed by atoms with Crippen molar-refractivity contribution in [2.24, 2.45) is 5.73 Å². The quantitative estimate of drug-likeness (QED) is 0.689. The first kappa shape index (κ1) is 15.3. The summed E-state index contributed by atoms with van der Waals surface area (Å²) in [5.41, 5.74) is 5.25. The van der Waals surface area contributed by atoms with Crippen LogP contribution in [0, 0.1) is 0 Å². The molecule has 1 unspecified atom stereocenters. The molecule has 0 saturated heterocycles. The highest BCUT2D eigenvalue weighted by atomic mass is 32.2. The molecule has 2 amide bonds. The molecule has 120 valence electrons. The fourth-order valence-electron chi connectivity index (χ4n) is 2.22. The standard InChI is InChI=1S/C14H21N5O2S/c1-8(13(21)16-10-4-5-10)22-14-18-17-12(9-2-3-9)19(14)7-6-11(15)20/h8-10H,2-7H2,1H3,(H2,15,20)(H,16,21). The highest BCUT2D eigenvalue weighted by Crippen LogP contribution is 2.40. The van der Waals surface area contributed by atoms with Gasteiger partial charge in [0.25, 0.3) is 0 Å². The lowest BCUT2D eigenvalue weighted by molar-refractivity contribution is -0.120. The summed E-state index contributed by atoms with van der Waals surface area (Å²) in [5.74, 6) is 1.04. The zero-order chi connectivity index (χ0) is 15.7. The predicted molar refractivity (Wildman–Crippen MR) is 82.3 cm³/mol. The monoisotopic (exact) mass is 323 g/mol. The average Bonchev–Trinajstić information content (AvgIpc) is 3.37. The van der Waals surface area contributed by atoms with Crippen molar-refractivity contribution in [3.05, 3.63) is 5.82 Å². The molecule has 1 aromatic heterocycles. The lowest BCUT2D eigenvalue weighted by atomic mass is 10.3. The zero-order valence-corrected chi connectivity index (χ0v) is 13.4. The van der Waals surface area contributed by atoms with Crippen molar-refractivity contribution in [1.82, 2.24) is 20.1 Å². The largest absolute Gasteiger partial charge is 0.370 e. The van der Waals surface area contributed by atoms with Crippen LogP contribution in [0.2, 0.25) is 0 Å². The van der Waals surface area contributed by atoms with Crippen LogP contribution in [0.15, 0.2) is 5.16 Å². The van der Waals surface area contributed by atoms with E-state index < -0.39 is 0 Å². The molecule has 1 atom stereocenters. The number of carbonyl (C=O) groups excluding carboxylic acids is 2. The molecule has 0 aromatic carbocycles. The number of hydrogen-bond acceptors (Lipinski definition) is 5. The van der Waals surface area contributed by atoms with Gasteiger partial charge >= 0.3 is 0 Å². The van der Waals surface area contributed by atoms with Gasteiger partial charge in [0.05, 0.1) is 5.25 Å². The van der Waals surface area contributed by atoms with E-state index in [1.807, 2.05) is 11.5 Å². The number of aromatic nitrogens is 3. The van der Waals surface area contributed by atoms with Crippen LogP contribution in [0.25, 0.3) is 0 Å². The van der Waals surface area contributed by atoms with Crippen LogP contribution in [0.1, 0.15) is 50.8 Å². The van der Waals surface area contributed by atoms with Crippen LogP contribution in [0.5, 0.6) is 0 Å². The summed E-state index contributed by atoms with van der Waals surface area (Å²) in [7, 11) is 0. The minimum absolute atomic E-state index is 0.0323. The van der Waals surface area contributed by atoms with E-state index in [1.54, 1.807) is 0 Å². The van der Waals surface area contributed by atoms with E-state index in [-0.39, 0.29) is 23.5 Å². The Morgan fingerprint density at radius 2 is 2.09 bits per heavy atom. The van der Waals surface area contributed by atoms with Gasteiger partial charge in [-0.2, -0.15) is 0 Å². The van der Waals surface area contributed by atoms with Gasteiger partial charge in [-0.25, -0.2) is 0 Å². The van der Waals surface area contributed by atoms with Crippen LogP contribution in [0.3, 0.4) is 0 Å². The Balaban J connectivity index is 1.68. The highest BCUT2D eigenvalue weighted by molar-refractivity contribution is 8.00. The fourth-order valence-corrected chi connectivity index (χ4v) is 3.11. The predicted octanol–water partition coefficient (Wildman–Crippen LogP) is 0.790. The molecule has 1 heterocycles. The summed E-state index contributed by atoms with van der Waals surface area (Å²) in [6.45, 7) is 2.35. The van der Waals surface area contributed by atoms with E-state index in [2.05, 4.69) is 15.5 Å². The minimum Gasteiger partial charge on any atom is -0.370 e. The summed E-state index contributed by atoms with van der Waals surface area (Å²) < 4.78 is 1.95. The Hall–Kier alpha value is -1.57. The van der Waals surface area contributed by atoms with Gasteiger partial charge in [-0.05, 0) is 32.6 Å². The van der Waals surface area contributed by atoms with Gasteiger partial charge in [0.15, 0.2) is 5.16 Å². The summed E-state index contributed by atoms with van der Waals surface area (Å²) in [6.07, 6.45) is 4.62. The van der Waals surface area contributed by atoms with Crippen molar-refractivity contribution in [2.75, 3.05) is 0 Å². The average molecular weight is 323 g/mol. The molecule has 0 aliphatic heterocycles. The van der Waals surface area contributed by atoms with Gasteiger partial charge in [0.1, 0.15) is 5.82 Å². The molecular formula is C14H21N5O2S. The molecule has 0 radical (unpaired) electrons. The van der Waals surface area contributed by atoms with Gasteiger partial charge in [0.2, 0.25) is 11.8 Å². The molecule has 8 heteroatoms. The van der Waals surface area contributed by atoms with Gasteiger partial charge in [-0.15, -0.1) is 10.2 Å². The number of carbonyl (C=O) groups is 2. The van der Waals surface area contributed by atoms with E-state index in [1.165, 1.54) is 11.8 Å². The molecule has 2 saturated carbocycles. The molecule has 1 aromatic rings. The van der Waals surface area contributed by atoms with Crippen molar-refractivity contribution in [1.29, 1.82) is 0 Å². The maximum atomic E-state index is 12.1. The van der Waals surface area contributed by atoms with Crippen molar-refractivity contribution in [3.63, 3.8) is 0 Å². The van der Waals surface area contributed by atoms with Gasteiger partial charge in [-0.1, -0.05) is 11.8 Å². The molecule has 3 rings (SSSR count). The molecule has 22 heavy (non-hydrogen) atoms. The molecule has 0 spiro atoms. The van der Waals surface area contributed by atoms with Gasteiger partial charge in [0, 0.05) is 24.9 Å². The SMILES string of the molecule is CC(Sc1nnc(C2CC2)n1CCC(N)=O)C(=O)NC1CC1. The third-order valence-electron chi connectivity index (χ3n) is 3.84. The molecular weight excluding hydrogens is 302 g/mol. The van der Waals surface area contributed by atoms with E-state index in [0.29, 0.717) is 23.7 Å². The van der Waals surface area contributed by atoms with E-state index >= 15 is 0 Å². The van der Waals surface area contributed by atoms with E-state index in [9.17, 15) is 9.59 Å². The zero-order valence-electron chi connectivity index (χ0n) is 12.6. The second-order valence-electron chi connectivity index (χ2n) is 6.03. The fraction of sp³-hybridized carbons (Fsp3) is 0.714. The molecule has 3 N–H and O–H groups in total. The number of hydrogen-bond donors (Lipinski definition) is 2. The Bertz CT molecular complexity index is 580. The molecule has 2 aliphatic carbocycles. The van der Waals surface area contributed by atoms with Gasteiger partial charge in [-0.3, -0.25) is 9.59 Å². The topological polar surface area (TPSA) is 103 Å². The Morgan fingerprint density at radius 3 is 2.68 bits per heavy atom. The summed E-state index contributed by atoms with van der Waals surface area (Å²) in [6, 6.07) is 0.352. The van der Waals surface area contributed by atoms with Crippen LogP contribution >= 0.6 is 11.8 Å². The first-order valence-corrected chi connectivity index (χ1v) is 8.61. The van der Waals surface area contributed by atoms with Crippen LogP contribution in [-0.4, -0.2) is 37.9 Å².